The Labute approximate surface area is 204 Å². The van der Waals surface area contributed by atoms with E-state index >= 15 is 0 Å². The van der Waals surface area contributed by atoms with Crippen LogP contribution in [0.1, 0.15) is 23.5 Å². The molecule has 2 aromatic heterocycles. The van der Waals surface area contributed by atoms with Crippen molar-refractivity contribution in [2.45, 2.75) is 12.1 Å². The molecule has 0 bridgehead atoms. The number of nitrogens with one attached hydrogen (secondary N) is 1. The van der Waals surface area contributed by atoms with E-state index in [0.29, 0.717) is 15.8 Å². The SMILES string of the molecule is Oc1ccc(Cl)cc1N1C(=S)N[C@@H](c2ccccn2)[C@@H]1c1cccn1-c1cccc(Br)c1. The zero-order valence-corrected chi connectivity index (χ0v) is 19.8. The summed E-state index contributed by atoms with van der Waals surface area (Å²) in [6, 6.07) is 22.4. The third-order valence-electron chi connectivity index (χ3n) is 5.46. The van der Waals surface area contributed by atoms with Gasteiger partial charge in [-0.05, 0) is 72.9 Å². The molecule has 0 spiro atoms. The van der Waals surface area contributed by atoms with Gasteiger partial charge in [0.05, 0.1) is 17.4 Å². The first kappa shape index (κ1) is 21.0. The second-order valence-corrected chi connectivity index (χ2v) is 9.15. The number of aromatic nitrogens is 2. The normalized spacial score (nSPS) is 18.1. The van der Waals surface area contributed by atoms with Crippen molar-refractivity contribution in [1.29, 1.82) is 0 Å². The smallest absolute Gasteiger partial charge is 0.174 e. The van der Waals surface area contributed by atoms with Crippen molar-refractivity contribution < 1.29 is 5.11 Å². The Kier molecular flexibility index (Phi) is 5.63. The zero-order chi connectivity index (χ0) is 22.2. The van der Waals surface area contributed by atoms with Gasteiger partial charge >= 0.3 is 0 Å². The minimum atomic E-state index is -0.282. The average molecular weight is 526 g/mol. The highest BCUT2D eigenvalue weighted by molar-refractivity contribution is 9.10. The van der Waals surface area contributed by atoms with Crippen LogP contribution in [0, 0.1) is 0 Å². The van der Waals surface area contributed by atoms with Crippen LogP contribution in [0.4, 0.5) is 5.69 Å². The standard InChI is InChI=1S/C24H18BrClN4OS/c25-15-5-3-6-17(13-15)29-12-4-8-19(29)23-22(18-7-1-2-11-27-18)28-24(32)30(23)20-14-16(26)9-10-21(20)31/h1-14,22-23,31H,(H,28,32)/t22-,23-/m0/s1. The van der Waals surface area contributed by atoms with Crippen LogP contribution in [0.3, 0.4) is 0 Å². The molecule has 3 heterocycles. The van der Waals surface area contributed by atoms with E-state index in [-0.39, 0.29) is 17.8 Å². The van der Waals surface area contributed by atoms with Crippen LogP contribution in [-0.4, -0.2) is 19.8 Å². The number of halogens is 2. The number of hydrogen-bond donors (Lipinski definition) is 2. The molecule has 1 aliphatic rings. The third-order valence-corrected chi connectivity index (χ3v) is 6.51. The van der Waals surface area contributed by atoms with Gasteiger partial charge < -0.3 is 19.9 Å². The van der Waals surface area contributed by atoms with E-state index in [1.165, 1.54) is 0 Å². The Morgan fingerprint density at radius 3 is 2.69 bits per heavy atom. The fourth-order valence-corrected chi connectivity index (χ4v) is 4.99. The van der Waals surface area contributed by atoms with Crippen LogP contribution in [0.5, 0.6) is 5.75 Å². The molecule has 1 fully saturated rings. The fourth-order valence-electron chi connectivity index (χ4n) is 4.10. The summed E-state index contributed by atoms with van der Waals surface area (Å²) in [5.41, 5.74) is 3.39. The molecule has 0 amide bonds. The predicted molar refractivity (Wildman–Crippen MR) is 135 cm³/mol. The fraction of sp³-hybridized carbons (Fsp3) is 0.0833. The highest BCUT2D eigenvalue weighted by Crippen LogP contribution is 2.45. The van der Waals surface area contributed by atoms with Crippen molar-refractivity contribution in [3.8, 4) is 11.4 Å². The van der Waals surface area contributed by atoms with Crippen molar-refractivity contribution >= 4 is 50.5 Å². The van der Waals surface area contributed by atoms with Gasteiger partial charge in [-0.2, -0.15) is 0 Å². The molecular formula is C24H18BrClN4OS. The number of aromatic hydroxyl groups is 1. The molecule has 32 heavy (non-hydrogen) atoms. The van der Waals surface area contributed by atoms with Gasteiger partial charge in [-0.3, -0.25) is 4.98 Å². The second-order valence-electron chi connectivity index (χ2n) is 7.41. The maximum absolute atomic E-state index is 10.7. The molecule has 5 nitrogen and oxygen atoms in total. The minimum Gasteiger partial charge on any atom is -0.506 e. The van der Waals surface area contributed by atoms with Gasteiger partial charge in [0.25, 0.3) is 0 Å². The van der Waals surface area contributed by atoms with Gasteiger partial charge in [0.2, 0.25) is 0 Å². The summed E-state index contributed by atoms with van der Waals surface area (Å²) < 4.78 is 3.11. The van der Waals surface area contributed by atoms with E-state index in [2.05, 4.69) is 42.9 Å². The summed E-state index contributed by atoms with van der Waals surface area (Å²) in [4.78, 5) is 6.50. The molecule has 0 saturated carbocycles. The molecule has 2 N–H and O–H groups in total. The number of phenols is 1. The first-order valence-corrected chi connectivity index (χ1v) is 11.5. The Hall–Kier alpha value is -2.87. The molecule has 0 unspecified atom stereocenters. The quantitative estimate of drug-likeness (QED) is 0.312. The lowest BCUT2D eigenvalue weighted by Gasteiger charge is -2.29. The van der Waals surface area contributed by atoms with Gasteiger partial charge in [-0.25, -0.2) is 0 Å². The monoisotopic (exact) mass is 524 g/mol. The van der Waals surface area contributed by atoms with Crippen LogP contribution in [0.25, 0.3) is 5.69 Å². The van der Waals surface area contributed by atoms with Gasteiger partial charge in [-0.15, -0.1) is 0 Å². The first-order chi connectivity index (χ1) is 15.5. The lowest BCUT2D eigenvalue weighted by atomic mass is 10.0. The van der Waals surface area contributed by atoms with E-state index in [1.807, 2.05) is 53.6 Å². The largest absolute Gasteiger partial charge is 0.506 e. The molecule has 5 rings (SSSR count). The van der Waals surface area contributed by atoms with E-state index in [0.717, 1.165) is 21.5 Å². The summed E-state index contributed by atoms with van der Waals surface area (Å²) in [5, 5.41) is 15.1. The molecule has 0 aliphatic carbocycles. The van der Waals surface area contributed by atoms with Crippen molar-refractivity contribution in [3.63, 3.8) is 0 Å². The van der Waals surface area contributed by atoms with Gasteiger partial charge in [0.1, 0.15) is 11.8 Å². The number of benzene rings is 2. The number of phenolic OH excluding ortho intramolecular Hbond substituents is 1. The van der Waals surface area contributed by atoms with Crippen molar-refractivity contribution in [2.24, 2.45) is 0 Å². The number of hydrogen-bond acceptors (Lipinski definition) is 3. The lowest BCUT2D eigenvalue weighted by Crippen LogP contribution is -2.30. The topological polar surface area (TPSA) is 53.3 Å². The Balaban J connectivity index is 1.70. The zero-order valence-electron chi connectivity index (χ0n) is 16.7. The lowest BCUT2D eigenvalue weighted by molar-refractivity contribution is 0.472. The van der Waals surface area contributed by atoms with Crippen LogP contribution in [-0.2, 0) is 0 Å². The van der Waals surface area contributed by atoms with Gasteiger partial charge in [0, 0.05) is 33.3 Å². The van der Waals surface area contributed by atoms with E-state index in [1.54, 1.807) is 24.4 Å². The second kappa shape index (κ2) is 8.58. The van der Waals surface area contributed by atoms with E-state index in [4.69, 9.17) is 23.8 Å². The number of anilines is 1. The first-order valence-electron chi connectivity index (χ1n) is 9.95. The van der Waals surface area contributed by atoms with E-state index < -0.39 is 0 Å². The minimum absolute atomic E-state index is 0.103. The molecule has 0 radical (unpaired) electrons. The van der Waals surface area contributed by atoms with Crippen molar-refractivity contribution in [3.05, 3.63) is 106 Å². The van der Waals surface area contributed by atoms with E-state index in [9.17, 15) is 5.11 Å². The number of thiocarbonyl (C=S) groups is 1. The summed E-state index contributed by atoms with van der Waals surface area (Å²) in [7, 11) is 0. The Bertz CT molecular complexity index is 1300. The van der Waals surface area contributed by atoms with Crippen LogP contribution in [0.15, 0.2) is 89.7 Å². The molecular weight excluding hydrogens is 508 g/mol. The molecule has 2 atom stereocenters. The maximum Gasteiger partial charge on any atom is 0.174 e. The van der Waals surface area contributed by atoms with Crippen molar-refractivity contribution in [1.82, 2.24) is 14.9 Å². The summed E-state index contributed by atoms with van der Waals surface area (Å²) in [6.45, 7) is 0. The molecule has 8 heteroatoms. The molecule has 4 aromatic rings. The van der Waals surface area contributed by atoms with Gasteiger partial charge in [0.15, 0.2) is 5.11 Å². The summed E-state index contributed by atoms with van der Waals surface area (Å²) >= 11 is 15.6. The third kappa shape index (κ3) is 3.77. The maximum atomic E-state index is 10.7. The highest BCUT2D eigenvalue weighted by Gasteiger charge is 2.43. The molecule has 160 valence electrons. The number of nitrogens with zero attached hydrogens (tertiary/aromatic N) is 3. The number of rotatable bonds is 4. The van der Waals surface area contributed by atoms with Crippen LogP contribution in [0.2, 0.25) is 5.02 Å². The van der Waals surface area contributed by atoms with Gasteiger partial charge in [-0.1, -0.05) is 39.7 Å². The van der Waals surface area contributed by atoms with Crippen molar-refractivity contribution in [2.75, 3.05) is 4.90 Å². The van der Waals surface area contributed by atoms with Crippen LogP contribution < -0.4 is 10.2 Å². The summed E-state index contributed by atoms with van der Waals surface area (Å²) in [6.07, 6.45) is 3.79. The Morgan fingerprint density at radius 2 is 1.91 bits per heavy atom. The average Bonchev–Trinajstić information content (AvgIpc) is 3.40. The predicted octanol–water partition coefficient (Wildman–Crippen LogP) is 6.17. The molecule has 2 aromatic carbocycles. The molecule has 1 aliphatic heterocycles. The summed E-state index contributed by atoms with van der Waals surface area (Å²) in [5.74, 6) is 0.103. The van der Waals surface area contributed by atoms with Crippen LogP contribution >= 0.6 is 39.7 Å². The number of pyridine rings is 1. The Morgan fingerprint density at radius 1 is 1.03 bits per heavy atom. The molecule has 1 saturated heterocycles. The highest BCUT2D eigenvalue weighted by atomic mass is 79.9.